The Morgan fingerprint density at radius 3 is 2.75 bits per heavy atom. The molecule has 0 radical (unpaired) electrons. The first-order chi connectivity index (χ1) is 9.69. The molecule has 5 heteroatoms. The van der Waals surface area contributed by atoms with E-state index >= 15 is 0 Å². The van der Waals surface area contributed by atoms with E-state index in [-0.39, 0.29) is 5.56 Å². The Labute approximate surface area is 127 Å². The monoisotopic (exact) mass is 304 g/mol. The number of rotatable bonds is 3. The number of hydrogen-bond donors (Lipinski definition) is 0. The molecule has 0 fully saturated rings. The van der Waals surface area contributed by atoms with E-state index in [1.807, 2.05) is 35.8 Å². The standard InChI is InChI=1S/C15H13ClN2OS/c1-2-18-10-9-14(19)17-15(18)20-11-3-4-12-5-7-13(16)8-6-12/h5-10H,2,11H2,1H3. The zero-order chi connectivity index (χ0) is 14.4. The lowest BCUT2D eigenvalue weighted by atomic mass is 10.2. The Kier molecular flexibility index (Phi) is 5.28. The van der Waals surface area contributed by atoms with Crippen molar-refractivity contribution in [1.82, 2.24) is 9.55 Å². The van der Waals surface area contributed by atoms with Gasteiger partial charge in [-0.15, -0.1) is 0 Å². The molecule has 0 bridgehead atoms. The first-order valence-corrected chi connectivity index (χ1v) is 7.50. The van der Waals surface area contributed by atoms with E-state index in [0.29, 0.717) is 15.9 Å². The van der Waals surface area contributed by atoms with Crippen LogP contribution in [0.4, 0.5) is 0 Å². The number of aromatic nitrogens is 2. The molecule has 0 amide bonds. The van der Waals surface area contributed by atoms with Gasteiger partial charge < -0.3 is 4.57 Å². The fourth-order valence-electron chi connectivity index (χ4n) is 1.54. The van der Waals surface area contributed by atoms with E-state index < -0.39 is 0 Å². The normalized spacial score (nSPS) is 9.90. The summed E-state index contributed by atoms with van der Waals surface area (Å²) in [4.78, 5) is 15.2. The van der Waals surface area contributed by atoms with E-state index in [0.717, 1.165) is 12.1 Å². The molecule has 0 atom stereocenters. The second-order valence-corrected chi connectivity index (χ2v) is 5.31. The second kappa shape index (κ2) is 7.18. The Balaban J connectivity index is 2.01. The number of thioether (sulfide) groups is 1. The number of hydrogen-bond acceptors (Lipinski definition) is 3. The number of nitrogens with zero attached hydrogens (tertiary/aromatic N) is 2. The summed E-state index contributed by atoms with van der Waals surface area (Å²) in [6.45, 7) is 2.79. The van der Waals surface area contributed by atoms with E-state index in [1.54, 1.807) is 6.20 Å². The van der Waals surface area contributed by atoms with E-state index in [9.17, 15) is 4.79 Å². The maximum atomic E-state index is 11.3. The van der Waals surface area contributed by atoms with E-state index in [4.69, 9.17) is 11.6 Å². The Morgan fingerprint density at radius 2 is 2.05 bits per heavy atom. The smallest absolute Gasteiger partial charge is 0.273 e. The van der Waals surface area contributed by atoms with Gasteiger partial charge in [0, 0.05) is 29.4 Å². The highest BCUT2D eigenvalue weighted by Gasteiger charge is 2.00. The van der Waals surface area contributed by atoms with Gasteiger partial charge in [-0.2, -0.15) is 4.98 Å². The molecule has 1 aromatic heterocycles. The highest BCUT2D eigenvalue weighted by Crippen LogP contribution is 2.13. The molecule has 0 saturated heterocycles. The summed E-state index contributed by atoms with van der Waals surface area (Å²) in [5, 5.41) is 1.40. The average Bonchev–Trinajstić information content (AvgIpc) is 2.46. The van der Waals surface area contributed by atoms with Crippen LogP contribution in [0.15, 0.2) is 46.5 Å². The number of halogens is 1. The summed E-state index contributed by atoms with van der Waals surface area (Å²) in [6, 6.07) is 8.84. The molecule has 0 N–H and O–H groups in total. The first kappa shape index (κ1) is 14.7. The predicted molar refractivity (Wildman–Crippen MR) is 83.2 cm³/mol. The lowest BCUT2D eigenvalue weighted by molar-refractivity contribution is 0.640. The van der Waals surface area contributed by atoms with Crippen LogP contribution >= 0.6 is 23.4 Å². The second-order valence-electron chi connectivity index (χ2n) is 3.93. The van der Waals surface area contributed by atoms with Gasteiger partial charge in [0.15, 0.2) is 5.16 Å². The van der Waals surface area contributed by atoms with Crippen molar-refractivity contribution in [2.75, 3.05) is 5.75 Å². The van der Waals surface area contributed by atoms with Gasteiger partial charge in [0.05, 0.1) is 5.75 Å². The van der Waals surface area contributed by atoms with Crippen LogP contribution in [-0.4, -0.2) is 15.3 Å². The van der Waals surface area contributed by atoms with Crippen molar-refractivity contribution in [2.24, 2.45) is 0 Å². The van der Waals surface area contributed by atoms with Crippen molar-refractivity contribution >= 4 is 23.4 Å². The number of benzene rings is 1. The molecule has 1 heterocycles. The molecule has 0 aliphatic carbocycles. The molecule has 0 unspecified atom stereocenters. The highest BCUT2D eigenvalue weighted by molar-refractivity contribution is 7.99. The Hall–Kier alpha value is -1.70. The third-order valence-electron chi connectivity index (χ3n) is 2.54. The van der Waals surface area contributed by atoms with Gasteiger partial charge in [0.25, 0.3) is 5.56 Å². The highest BCUT2D eigenvalue weighted by atomic mass is 35.5. The molecule has 102 valence electrons. The van der Waals surface area contributed by atoms with Gasteiger partial charge in [-0.1, -0.05) is 35.2 Å². The maximum absolute atomic E-state index is 11.3. The molecular formula is C15H13ClN2OS. The topological polar surface area (TPSA) is 34.9 Å². The lowest BCUT2D eigenvalue weighted by Gasteiger charge is -2.06. The third-order valence-corrected chi connectivity index (χ3v) is 3.66. The molecule has 0 aliphatic rings. The minimum Gasteiger partial charge on any atom is -0.328 e. The fraction of sp³-hybridized carbons (Fsp3) is 0.200. The van der Waals surface area contributed by atoms with Gasteiger partial charge in [0.1, 0.15) is 0 Å². The van der Waals surface area contributed by atoms with Crippen LogP contribution in [0.25, 0.3) is 0 Å². The Morgan fingerprint density at radius 1 is 1.30 bits per heavy atom. The van der Waals surface area contributed by atoms with Crippen LogP contribution in [0.1, 0.15) is 12.5 Å². The quantitative estimate of drug-likeness (QED) is 0.496. The van der Waals surface area contributed by atoms with Crippen LogP contribution in [0, 0.1) is 11.8 Å². The molecule has 3 nitrogen and oxygen atoms in total. The van der Waals surface area contributed by atoms with Crippen LogP contribution < -0.4 is 5.56 Å². The Bertz CT molecular complexity index is 698. The molecule has 1 aromatic carbocycles. The maximum Gasteiger partial charge on any atom is 0.273 e. The van der Waals surface area contributed by atoms with Gasteiger partial charge in [-0.05, 0) is 31.2 Å². The molecule has 2 aromatic rings. The summed E-state index contributed by atoms with van der Waals surface area (Å²) in [5.41, 5.74) is 0.701. The predicted octanol–water partition coefficient (Wildman–Crippen LogP) is 3.06. The van der Waals surface area contributed by atoms with Crippen molar-refractivity contribution in [3.05, 3.63) is 57.5 Å². The molecule has 20 heavy (non-hydrogen) atoms. The number of aryl methyl sites for hydroxylation is 1. The van der Waals surface area contributed by atoms with Crippen molar-refractivity contribution in [3.63, 3.8) is 0 Å². The van der Waals surface area contributed by atoms with Gasteiger partial charge >= 0.3 is 0 Å². The van der Waals surface area contributed by atoms with Crippen LogP contribution in [-0.2, 0) is 6.54 Å². The summed E-state index contributed by atoms with van der Waals surface area (Å²) in [5.74, 6) is 6.69. The minimum absolute atomic E-state index is 0.220. The molecular weight excluding hydrogens is 292 g/mol. The first-order valence-electron chi connectivity index (χ1n) is 6.14. The summed E-state index contributed by atoms with van der Waals surface area (Å²) < 4.78 is 1.93. The molecule has 0 spiro atoms. The zero-order valence-corrected chi connectivity index (χ0v) is 12.5. The average molecular weight is 305 g/mol. The lowest BCUT2D eigenvalue weighted by Crippen LogP contribution is -2.12. The molecule has 0 saturated carbocycles. The van der Waals surface area contributed by atoms with E-state index in [1.165, 1.54) is 17.8 Å². The van der Waals surface area contributed by atoms with Gasteiger partial charge in [0.2, 0.25) is 0 Å². The van der Waals surface area contributed by atoms with Gasteiger partial charge in [-0.25, -0.2) is 0 Å². The van der Waals surface area contributed by atoms with Crippen LogP contribution in [0.2, 0.25) is 5.02 Å². The zero-order valence-electron chi connectivity index (χ0n) is 11.0. The largest absolute Gasteiger partial charge is 0.328 e. The van der Waals surface area contributed by atoms with Crippen molar-refractivity contribution < 1.29 is 0 Å². The fourth-order valence-corrected chi connectivity index (χ4v) is 2.45. The van der Waals surface area contributed by atoms with Gasteiger partial charge in [-0.3, -0.25) is 4.79 Å². The summed E-state index contributed by atoms with van der Waals surface area (Å²) >= 11 is 7.27. The molecule has 0 aliphatic heterocycles. The van der Waals surface area contributed by atoms with Crippen molar-refractivity contribution in [2.45, 2.75) is 18.6 Å². The third kappa shape index (κ3) is 4.16. The summed E-state index contributed by atoms with van der Waals surface area (Å²) in [6.07, 6.45) is 1.75. The van der Waals surface area contributed by atoms with Crippen molar-refractivity contribution in [3.8, 4) is 11.8 Å². The van der Waals surface area contributed by atoms with Crippen molar-refractivity contribution in [1.29, 1.82) is 0 Å². The minimum atomic E-state index is -0.220. The van der Waals surface area contributed by atoms with Crippen LogP contribution in [0.5, 0.6) is 0 Å². The SMILES string of the molecule is CCn1ccc(=O)nc1SCC#Cc1ccc(Cl)cc1. The van der Waals surface area contributed by atoms with Crippen LogP contribution in [0.3, 0.4) is 0 Å². The van der Waals surface area contributed by atoms with E-state index in [2.05, 4.69) is 16.8 Å². The molecule has 2 rings (SSSR count). The summed E-state index contributed by atoms with van der Waals surface area (Å²) in [7, 11) is 0.